The second-order valence-corrected chi connectivity index (χ2v) is 7.98. The molecule has 5 heterocycles. The number of halogens is 5. The van der Waals surface area contributed by atoms with Gasteiger partial charge >= 0.3 is 6.18 Å². The summed E-state index contributed by atoms with van der Waals surface area (Å²) in [4.78, 5) is 14.3. The number of fused-ring (bicyclic) bond motifs is 1. The Labute approximate surface area is 178 Å². The molecule has 3 aromatic rings. The SMILES string of the molecule is FC(F)Cn1ncc2ncc(NC3COC4(C3)CN(c3cc(C(F)(F)F)ccn3)C4)nc21. The van der Waals surface area contributed by atoms with Crippen LogP contribution in [-0.2, 0) is 17.5 Å². The van der Waals surface area contributed by atoms with Crippen molar-refractivity contribution in [3.8, 4) is 0 Å². The van der Waals surface area contributed by atoms with Crippen molar-refractivity contribution in [3.05, 3.63) is 36.3 Å². The van der Waals surface area contributed by atoms with E-state index in [4.69, 9.17) is 4.74 Å². The van der Waals surface area contributed by atoms with Gasteiger partial charge in [0.2, 0.25) is 0 Å². The van der Waals surface area contributed by atoms with Crippen molar-refractivity contribution in [1.82, 2.24) is 24.7 Å². The van der Waals surface area contributed by atoms with Crippen molar-refractivity contribution in [3.63, 3.8) is 0 Å². The van der Waals surface area contributed by atoms with Gasteiger partial charge in [-0.15, -0.1) is 0 Å². The Balaban J connectivity index is 1.23. The van der Waals surface area contributed by atoms with Crippen LogP contribution >= 0.6 is 0 Å². The molecule has 0 radical (unpaired) electrons. The molecule has 170 valence electrons. The monoisotopic (exact) mass is 455 g/mol. The molecule has 0 amide bonds. The molecule has 5 rings (SSSR count). The molecule has 2 aliphatic heterocycles. The predicted octanol–water partition coefficient (Wildman–Crippen LogP) is 2.97. The lowest BCUT2D eigenvalue weighted by Gasteiger charge is -2.47. The Morgan fingerprint density at radius 1 is 1.22 bits per heavy atom. The van der Waals surface area contributed by atoms with Crippen LogP contribution in [0.3, 0.4) is 0 Å². The smallest absolute Gasteiger partial charge is 0.369 e. The summed E-state index contributed by atoms with van der Waals surface area (Å²) in [5, 5.41) is 7.09. The zero-order chi connectivity index (χ0) is 22.5. The second-order valence-electron chi connectivity index (χ2n) is 7.98. The Morgan fingerprint density at radius 3 is 2.78 bits per heavy atom. The molecular formula is C19H18F5N7O. The van der Waals surface area contributed by atoms with Crippen LogP contribution in [0, 0.1) is 0 Å². The fourth-order valence-electron chi connectivity index (χ4n) is 4.13. The molecule has 13 heteroatoms. The van der Waals surface area contributed by atoms with E-state index in [9.17, 15) is 22.0 Å². The van der Waals surface area contributed by atoms with Gasteiger partial charge in [-0.1, -0.05) is 0 Å². The zero-order valence-electron chi connectivity index (χ0n) is 16.6. The minimum atomic E-state index is -4.42. The van der Waals surface area contributed by atoms with E-state index in [0.717, 1.165) is 23.0 Å². The molecule has 0 bridgehead atoms. The summed E-state index contributed by atoms with van der Waals surface area (Å²) in [5.41, 5.74) is -0.550. The number of nitrogens with one attached hydrogen (secondary N) is 1. The molecule has 0 saturated carbocycles. The maximum Gasteiger partial charge on any atom is 0.416 e. The number of hydrogen-bond acceptors (Lipinski definition) is 7. The molecule has 8 nitrogen and oxygen atoms in total. The first-order valence-electron chi connectivity index (χ1n) is 9.86. The highest BCUT2D eigenvalue weighted by atomic mass is 19.4. The fourth-order valence-corrected chi connectivity index (χ4v) is 4.13. The van der Waals surface area contributed by atoms with Crippen molar-refractivity contribution >= 4 is 22.8 Å². The topological polar surface area (TPSA) is 81.0 Å². The Morgan fingerprint density at radius 2 is 2.03 bits per heavy atom. The van der Waals surface area contributed by atoms with Crippen molar-refractivity contribution < 1.29 is 26.7 Å². The van der Waals surface area contributed by atoms with Gasteiger partial charge in [0.1, 0.15) is 29.3 Å². The summed E-state index contributed by atoms with van der Waals surface area (Å²) in [6.45, 7) is 0.646. The Bertz CT molecular complexity index is 1130. The summed E-state index contributed by atoms with van der Waals surface area (Å²) in [5.74, 6) is 0.670. The fraction of sp³-hybridized carbons (Fsp3) is 0.474. The van der Waals surface area contributed by atoms with E-state index in [1.165, 1.54) is 12.4 Å². The first-order chi connectivity index (χ1) is 15.2. The van der Waals surface area contributed by atoms with Gasteiger partial charge in [0.15, 0.2) is 5.65 Å². The van der Waals surface area contributed by atoms with E-state index in [1.807, 2.05) is 0 Å². The summed E-state index contributed by atoms with van der Waals surface area (Å²) in [7, 11) is 0. The lowest BCUT2D eigenvalue weighted by molar-refractivity contribution is -0.137. The van der Waals surface area contributed by atoms with Crippen LogP contribution in [0.15, 0.2) is 30.7 Å². The van der Waals surface area contributed by atoms with E-state index >= 15 is 0 Å². The van der Waals surface area contributed by atoms with Gasteiger partial charge in [-0.3, -0.25) is 0 Å². The van der Waals surface area contributed by atoms with Gasteiger partial charge < -0.3 is 15.0 Å². The molecule has 2 aliphatic rings. The van der Waals surface area contributed by atoms with E-state index in [-0.39, 0.29) is 17.5 Å². The summed E-state index contributed by atoms with van der Waals surface area (Å²) < 4.78 is 71.3. The van der Waals surface area contributed by atoms with Gasteiger partial charge in [-0.2, -0.15) is 18.3 Å². The number of hydrogen-bond donors (Lipinski definition) is 1. The van der Waals surface area contributed by atoms with Crippen LogP contribution in [0.25, 0.3) is 11.2 Å². The minimum Gasteiger partial charge on any atom is -0.369 e. The number of nitrogens with zero attached hydrogens (tertiary/aromatic N) is 6. The number of anilines is 2. The summed E-state index contributed by atoms with van der Waals surface area (Å²) >= 11 is 0. The zero-order valence-corrected chi connectivity index (χ0v) is 16.6. The highest BCUT2D eigenvalue weighted by Gasteiger charge is 2.50. The van der Waals surface area contributed by atoms with Crippen molar-refractivity contribution in [2.24, 2.45) is 0 Å². The molecule has 32 heavy (non-hydrogen) atoms. The standard InChI is InChI=1S/C19H18F5N7O/c20-14(21)7-31-17-13(5-27-31)26-6-15(29-17)28-12-4-18(32-8-12)9-30(10-18)16-3-11(1-2-25-16)19(22,23)24/h1-3,5-6,12,14H,4,7-10H2,(H,28,29). The number of alkyl halides is 5. The average Bonchev–Trinajstić information content (AvgIpc) is 3.31. The Kier molecular flexibility index (Phi) is 4.87. The van der Waals surface area contributed by atoms with Crippen molar-refractivity contribution in [1.29, 1.82) is 0 Å². The molecule has 1 spiro atoms. The number of aromatic nitrogens is 5. The molecule has 1 unspecified atom stereocenters. The number of pyridine rings is 1. The largest absolute Gasteiger partial charge is 0.416 e. The van der Waals surface area contributed by atoms with Crippen molar-refractivity contribution in [2.75, 3.05) is 29.9 Å². The van der Waals surface area contributed by atoms with Gasteiger partial charge in [0.05, 0.1) is 43.7 Å². The quantitative estimate of drug-likeness (QED) is 0.593. The third-order valence-electron chi connectivity index (χ3n) is 5.57. The summed E-state index contributed by atoms with van der Waals surface area (Å²) in [6.07, 6.45) is -2.34. The predicted molar refractivity (Wildman–Crippen MR) is 103 cm³/mol. The van der Waals surface area contributed by atoms with Gasteiger partial charge in [0, 0.05) is 12.6 Å². The van der Waals surface area contributed by atoms with Crippen LogP contribution in [0.4, 0.5) is 33.6 Å². The molecule has 2 saturated heterocycles. The van der Waals surface area contributed by atoms with E-state index in [0.29, 0.717) is 37.5 Å². The molecule has 0 aromatic carbocycles. The second kappa shape index (κ2) is 7.50. The molecule has 1 atom stereocenters. The molecule has 2 fully saturated rings. The lowest BCUT2D eigenvalue weighted by atomic mass is 9.89. The van der Waals surface area contributed by atoms with Crippen LogP contribution < -0.4 is 10.2 Å². The van der Waals surface area contributed by atoms with Crippen LogP contribution in [0.5, 0.6) is 0 Å². The average molecular weight is 455 g/mol. The van der Waals surface area contributed by atoms with Gasteiger partial charge in [0.25, 0.3) is 6.43 Å². The maximum absolute atomic E-state index is 12.9. The minimum absolute atomic E-state index is 0.107. The molecular weight excluding hydrogens is 437 g/mol. The normalized spacial score (nSPS) is 20.3. The van der Waals surface area contributed by atoms with Gasteiger partial charge in [-0.05, 0) is 12.1 Å². The van der Waals surface area contributed by atoms with E-state index < -0.39 is 30.3 Å². The molecule has 1 N–H and O–H groups in total. The summed E-state index contributed by atoms with van der Waals surface area (Å²) in [6, 6.07) is 1.87. The van der Waals surface area contributed by atoms with Gasteiger partial charge in [-0.25, -0.2) is 28.4 Å². The first kappa shape index (κ1) is 20.8. The third kappa shape index (κ3) is 3.92. The molecule has 0 aliphatic carbocycles. The lowest BCUT2D eigenvalue weighted by Crippen LogP contribution is -2.62. The molecule has 3 aromatic heterocycles. The maximum atomic E-state index is 12.9. The Hall–Kier alpha value is -3.09. The van der Waals surface area contributed by atoms with Crippen LogP contribution in [0.1, 0.15) is 12.0 Å². The third-order valence-corrected chi connectivity index (χ3v) is 5.57. The number of ether oxygens (including phenoxy) is 1. The highest BCUT2D eigenvalue weighted by Crippen LogP contribution is 2.39. The highest BCUT2D eigenvalue weighted by molar-refractivity contribution is 5.71. The van der Waals surface area contributed by atoms with Crippen LogP contribution in [-0.4, -0.2) is 62.5 Å². The van der Waals surface area contributed by atoms with E-state index in [2.05, 4.69) is 25.4 Å². The van der Waals surface area contributed by atoms with Crippen molar-refractivity contribution in [2.45, 2.75) is 37.2 Å². The number of rotatable bonds is 5. The first-order valence-corrected chi connectivity index (χ1v) is 9.86. The van der Waals surface area contributed by atoms with E-state index in [1.54, 1.807) is 4.90 Å². The van der Waals surface area contributed by atoms with Crippen LogP contribution in [0.2, 0.25) is 0 Å².